The Morgan fingerprint density at radius 2 is 1.39 bits per heavy atom. The van der Waals surface area contributed by atoms with Gasteiger partial charge in [0.25, 0.3) is 0 Å². The number of para-hydroxylation sites is 1. The van der Waals surface area contributed by atoms with Crippen LogP contribution in [0.1, 0.15) is 60.3 Å². The van der Waals surface area contributed by atoms with E-state index in [1.807, 2.05) is 24.3 Å². The van der Waals surface area contributed by atoms with Gasteiger partial charge in [0.05, 0.1) is 22.4 Å². The van der Waals surface area contributed by atoms with Gasteiger partial charge in [-0.15, -0.1) is 54.1 Å². The molecule has 0 amide bonds. The first-order chi connectivity index (χ1) is 31.0. The molecule has 0 spiro atoms. The molecule has 0 bridgehead atoms. The number of rotatable bonds is 6. The molecule has 3 aromatic heterocycles. The first kappa shape index (κ1) is 37.1. The summed E-state index contributed by atoms with van der Waals surface area (Å²) in [6.07, 6.45) is 1.39. The van der Waals surface area contributed by atoms with Crippen molar-refractivity contribution in [3.05, 3.63) is 199 Å². The van der Waals surface area contributed by atoms with Gasteiger partial charge in [0, 0.05) is 41.5 Å². The van der Waals surface area contributed by atoms with Crippen LogP contribution in [0.3, 0.4) is 0 Å². The van der Waals surface area contributed by atoms with Crippen LogP contribution in [0.25, 0.3) is 94.0 Å². The van der Waals surface area contributed by atoms with Gasteiger partial charge in [0.1, 0.15) is 5.58 Å². The molecule has 11 rings (SSSR count). The van der Waals surface area contributed by atoms with Crippen LogP contribution in [-0.2, 0) is 20.1 Å². The van der Waals surface area contributed by atoms with E-state index in [4.69, 9.17) is 13.5 Å². The molecule has 0 atom stereocenters. The summed E-state index contributed by atoms with van der Waals surface area (Å²) in [5.41, 5.74) is 12.5. The summed E-state index contributed by atoms with van der Waals surface area (Å²) in [5.74, 6) is 1.47. The number of nitrogens with zero attached hydrogens (tertiary/aromatic N) is 3. The van der Waals surface area contributed by atoms with Crippen LogP contribution in [0.2, 0.25) is 0 Å². The standard InChI is InChI=1S/C45H35N2O.C12H10N.Ir/c1-27(2)33-16-10-17-34(28(3)4)43(33)47-41-25-31(29-12-6-5-7-13-29)22-23-40(41)46-45(47)37-19-11-18-36-39-24-32-21-20-30-14-8-9-15-35(30)38(32)26-42(39)48-44(36)37;1-10-7-8-12(13-9-10)11-5-3-2-4-6-11;/h5-18,20-28H,1-4H3;2-5,7-9H,1H3;/q2*-1;/i;1D3;. The Hall–Kier alpha value is -6.65. The van der Waals surface area contributed by atoms with Crippen molar-refractivity contribution in [2.45, 2.75) is 46.4 Å². The van der Waals surface area contributed by atoms with Crippen molar-refractivity contribution in [2.24, 2.45) is 0 Å². The van der Waals surface area contributed by atoms with Gasteiger partial charge >= 0.3 is 0 Å². The Kier molecular flexibility index (Phi) is 10.2. The summed E-state index contributed by atoms with van der Waals surface area (Å²) in [6, 6.07) is 62.9. The average molecular weight is 983 g/mol. The van der Waals surface area contributed by atoms with Crippen molar-refractivity contribution in [2.75, 3.05) is 0 Å². The van der Waals surface area contributed by atoms with Crippen LogP contribution >= 0.6 is 0 Å². The van der Waals surface area contributed by atoms with Crippen molar-refractivity contribution >= 4 is 54.5 Å². The van der Waals surface area contributed by atoms with Gasteiger partial charge in [-0.25, -0.2) is 0 Å². The van der Waals surface area contributed by atoms with Crippen molar-refractivity contribution < 1.29 is 28.6 Å². The molecule has 4 nitrogen and oxygen atoms in total. The minimum atomic E-state index is -2.09. The monoisotopic (exact) mass is 983 g/mol. The summed E-state index contributed by atoms with van der Waals surface area (Å²) >= 11 is 0. The summed E-state index contributed by atoms with van der Waals surface area (Å²) in [7, 11) is 0. The second-order valence-electron chi connectivity index (χ2n) is 16.2. The Bertz CT molecular complexity index is 3460. The Balaban J connectivity index is 0.000000266. The molecule has 0 saturated heterocycles. The minimum Gasteiger partial charge on any atom is -0.501 e. The first-order valence-electron chi connectivity index (χ1n) is 22.4. The van der Waals surface area contributed by atoms with Gasteiger partial charge < -0.3 is 14.0 Å². The largest absolute Gasteiger partial charge is 0.501 e. The number of aryl methyl sites for hydroxylation is 1. The molecule has 5 heteroatoms. The third-order valence-electron chi connectivity index (χ3n) is 11.6. The van der Waals surface area contributed by atoms with E-state index >= 15 is 0 Å². The Morgan fingerprint density at radius 1 is 0.613 bits per heavy atom. The Labute approximate surface area is 380 Å². The first-order valence-corrected chi connectivity index (χ1v) is 20.9. The second kappa shape index (κ2) is 17.0. The van der Waals surface area contributed by atoms with E-state index in [9.17, 15) is 0 Å². The zero-order valence-electron chi connectivity index (χ0n) is 37.9. The van der Waals surface area contributed by atoms with Crippen molar-refractivity contribution in [3.8, 4) is 39.5 Å². The number of hydrogen-bond acceptors (Lipinski definition) is 3. The number of aromatic nitrogens is 3. The van der Waals surface area contributed by atoms with Crippen LogP contribution in [0.5, 0.6) is 0 Å². The van der Waals surface area contributed by atoms with E-state index < -0.39 is 6.85 Å². The van der Waals surface area contributed by atoms with E-state index in [-0.39, 0.29) is 25.7 Å². The van der Waals surface area contributed by atoms with Crippen molar-refractivity contribution in [3.63, 3.8) is 0 Å². The molecular weight excluding hydrogens is 935 g/mol. The molecule has 0 N–H and O–H groups in total. The normalized spacial score (nSPS) is 12.4. The maximum absolute atomic E-state index is 7.23. The van der Waals surface area contributed by atoms with E-state index in [0.29, 0.717) is 11.8 Å². The summed E-state index contributed by atoms with van der Waals surface area (Å²) in [6.45, 7) is 7.01. The molecule has 0 aliphatic rings. The summed E-state index contributed by atoms with van der Waals surface area (Å²) in [5, 5.41) is 7.01. The number of pyridine rings is 1. The van der Waals surface area contributed by atoms with Gasteiger partial charge in [-0.2, -0.15) is 0 Å². The average Bonchev–Trinajstić information content (AvgIpc) is 3.89. The number of furan rings is 1. The number of hydrogen-bond donors (Lipinski definition) is 0. The SMILES string of the molecule is CC(C)c1cccc(C(C)C)c1-n1c(-c2[c-]ccc3c2oc2cc4c(ccc5ccccc54)cc23)nc2ccc(-c3ccccc3)cc21.[2H]C([2H])([2H])c1ccc(-c2[c-]cccc2)nc1.[Ir]. The van der Waals surface area contributed by atoms with Crippen molar-refractivity contribution in [1.82, 2.24) is 14.5 Å². The van der Waals surface area contributed by atoms with Crippen LogP contribution < -0.4 is 0 Å². The third-order valence-corrected chi connectivity index (χ3v) is 11.6. The molecule has 0 unspecified atom stereocenters. The van der Waals surface area contributed by atoms with Crippen molar-refractivity contribution in [1.29, 1.82) is 0 Å². The maximum atomic E-state index is 7.23. The van der Waals surface area contributed by atoms with E-state index in [0.717, 1.165) is 61.2 Å². The quantitative estimate of drug-likeness (QED) is 0.123. The molecule has 305 valence electrons. The van der Waals surface area contributed by atoms with Gasteiger partial charge in [-0.1, -0.05) is 142 Å². The molecule has 11 aromatic rings. The minimum absolute atomic E-state index is 0. The van der Waals surface area contributed by atoms with Gasteiger partial charge in [-0.3, -0.25) is 4.98 Å². The van der Waals surface area contributed by atoms with Crippen LogP contribution in [0.15, 0.2) is 174 Å². The predicted octanol–water partition coefficient (Wildman–Crippen LogP) is 15.5. The van der Waals surface area contributed by atoms with Crippen LogP contribution in [-0.4, -0.2) is 14.5 Å². The zero-order valence-corrected chi connectivity index (χ0v) is 37.3. The van der Waals surface area contributed by atoms with Crippen LogP contribution in [0.4, 0.5) is 0 Å². The van der Waals surface area contributed by atoms with Crippen LogP contribution in [0, 0.1) is 19.0 Å². The molecule has 3 heterocycles. The second-order valence-corrected chi connectivity index (χ2v) is 16.2. The number of imidazole rings is 1. The molecule has 0 saturated carbocycles. The van der Waals surface area contributed by atoms with Gasteiger partial charge in [-0.05, 0) is 98.0 Å². The molecule has 62 heavy (non-hydrogen) atoms. The molecule has 0 aliphatic heterocycles. The zero-order chi connectivity index (χ0) is 44.1. The molecule has 8 aromatic carbocycles. The predicted molar refractivity (Wildman–Crippen MR) is 254 cm³/mol. The fourth-order valence-corrected chi connectivity index (χ4v) is 8.56. The van der Waals surface area contributed by atoms with E-state index in [1.54, 1.807) is 18.2 Å². The van der Waals surface area contributed by atoms with Gasteiger partial charge in [0.2, 0.25) is 0 Å². The van der Waals surface area contributed by atoms with E-state index in [2.05, 4.69) is 171 Å². The molecule has 0 fully saturated rings. The molecule has 1 radical (unpaired) electrons. The number of fused-ring (bicyclic) bond motifs is 7. The Morgan fingerprint density at radius 3 is 2.13 bits per heavy atom. The molecular formula is C57H45IrN3O-2. The third kappa shape index (κ3) is 7.42. The van der Waals surface area contributed by atoms with E-state index in [1.165, 1.54) is 50.1 Å². The van der Waals surface area contributed by atoms with Gasteiger partial charge in [0.15, 0.2) is 0 Å². The topological polar surface area (TPSA) is 43.9 Å². The maximum Gasteiger partial charge on any atom is 0.121 e. The molecule has 0 aliphatic carbocycles. The fraction of sp³-hybridized carbons (Fsp3) is 0.123. The summed E-state index contributed by atoms with van der Waals surface area (Å²) in [4.78, 5) is 9.51. The number of benzene rings is 8. The fourth-order valence-electron chi connectivity index (χ4n) is 8.56. The smallest absolute Gasteiger partial charge is 0.121 e. The summed E-state index contributed by atoms with van der Waals surface area (Å²) < 4.78 is 30.9.